The molecule has 0 radical (unpaired) electrons. The van der Waals surface area contributed by atoms with E-state index in [0.717, 1.165) is 83.5 Å². The van der Waals surface area contributed by atoms with Crippen molar-refractivity contribution in [1.29, 1.82) is 0 Å². The maximum absolute atomic E-state index is 5.27. The molecule has 3 heterocycles. The van der Waals surface area contributed by atoms with Gasteiger partial charge in [-0.05, 0) is 93.5 Å². The molecule has 0 fully saturated rings. The van der Waals surface area contributed by atoms with Crippen LogP contribution < -0.4 is 0 Å². The maximum Gasteiger partial charge on any atom is 0.160 e. The van der Waals surface area contributed by atoms with Gasteiger partial charge < -0.3 is 0 Å². The quantitative estimate of drug-likeness (QED) is 0.170. The molecule has 0 atom stereocenters. The number of aromatic nitrogens is 4. The van der Waals surface area contributed by atoms with Crippen molar-refractivity contribution in [1.82, 2.24) is 19.9 Å². The number of hydrogen-bond acceptors (Lipinski definition) is 4. The monoisotopic (exact) mass is 664 g/mol. The summed E-state index contributed by atoms with van der Waals surface area (Å²) in [7, 11) is 0. The minimum absolute atomic E-state index is 0.673. The van der Waals surface area contributed by atoms with Crippen LogP contribution in [-0.2, 0) is 0 Å². The van der Waals surface area contributed by atoms with Gasteiger partial charge in [0.15, 0.2) is 5.82 Å². The molecule has 0 spiro atoms. The molecule has 6 aromatic carbocycles. The molecule has 0 amide bonds. The van der Waals surface area contributed by atoms with E-state index in [1.807, 2.05) is 48.8 Å². The lowest BCUT2D eigenvalue weighted by Gasteiger charge is -2.14. The molecule has 0 saturated heterocycles. The van der Waals surface area contributed by atoms with E-state index in [4.69, 9.17) is 9.97 Å². The Morgan fingerprint density at radius 1 is 0.327 bits per heavy atom. The van der Waals surface area contributed by atoms with Crippen LogP contribution >= 0.6 is 0 Å². The second-order valence-electron chi connectivity index (χ2n) is 12.8. The molecular weight excluding hydrogens is 633 g/mol. The van der Waals surface area contributed by atoms with Crippen LogP contribution in [0.25, 0.3) is 89.3 Å². The fourth-order valence-electron chi connectivity index (χ4n) is 6.76. The van der Waals surface area contributed by atoms with Crippen LogP contribution in [0.15, 0.2) is 195 Å². The normalized spacial score (nSPS) is 11.1. The molecule has 0 aliphatic carbocycles. The largest absolute Gasteiger partial charge is 0.264 e. The standard InChI is InChI=1S/C48H32N4/c1-3-11-33(12-4-1)38-23-24-44-46(31-38)51-48(52-47(44)36-13-5-2-6-14-36)43-29-41(28-42(30-43)40-17-10-25-49-32-40)35-21-19-34(20-22-35)37-15-9-16-39(27-37)45-18-7-8-26-50-45/h1-32H. The molecule has 0 unspecified atom stereocenters. The van der Waals surface area contributed by atoms with E-state index >= 15 is 0 Å². The minimum atomic E-state index is 0.673. The summed E-state index contributed by atoms with van der Waals surface area (Å²) in [6.45, 7) is 0. The summed E-state index contributed by atoms with van der Waals surface area (Å²) >= 11 is 0. The van der Waals surface area contributed by atoms with E-state index in [-0.39, 0.29) is 0 Å². The van der Waals surface area contributed by atoms with E-state index < -0.39 is 0 Å². The molecule has 0 N–H and O–H groups in total. The Bertz CT molecular complexity index is 2640. The van der Waals surface area contributed by atoms with Gasteiger partial charge in [-0.2, -0.15) is 0 Å². The predicted octanol–water partition coefficient (Wildman–Crippen LogP) is 12.1. The van der Waals surface area contributed by atoms with Crippen LogP contribution in [-0.4, -0.2) is 19.9 Å². The molecular formula is C48H32N4. The van der Waals surface area contributed by atoms with Gasteiger partial charge in [-0.1, -0.05) is 121 Å². The Morgan fingerprint density at radius 2 is 0.904 bits per heavy atom. The van der Waals surface area contributed by atoms with E-state index in [9.17, 15) is 0 Å². The summed E-state index contributed by atoms with van der Waals surface area (Å²) in [6, 6.07) is 61.3. The summed E-state index contributed by atoms with van der Waals surface area (Å²) in [5, 5.41) is 1.01. The third-order valence-electron chi connectivity index (χ3n) is 9.41. The fraction of sp³-hybridized carbons (Fsp3) is 0. The highest BCUT2D eigenvalue weighted by atomic mass is 14.9. The molecule has 9 rings (SSSR count). The number of nitrogens with zero attached hydrogens (tertiary/aromatic N) is 4. The number of pyridine rings is 2. The molecule has 0 aliphatic rings. The highest BCUT2D eigenvalue weighted by Crippen LogP contribution is 2.36. The van der Waals surface area contributed by atoms with Gasteiger partial charge in [0, 0.05) is 46.2 Å². The SMILES string of the molecule is c1ccc(-c2ccc3c(-c4ccccc4)nc(-c4cc(-c5ccc(-c6cccc(-c7ccccn7)c6)cc5)cc(-c5cccnc5)c4)nc3c2)cc1. The van der Waals surface area contributed by atoms with E-state index in [2.05, 4.69) is 149 Å². The lowest BCUT2D eigenvalue weighted by molar-refractivity contribution is 1.23. The predicted molar refractivity (Wildman–Crippen MR) is 213 cm³/mol. The molecule has 52 heavy (non-hydrogen) atoms. The average Bonchev–Trinajstić information content (AvgIpc) is 3.24. The van der Waals surface area contributed by atoms with Crippen molar-refractivity contribution >= 4 is 10.9 Å². The Morgan fingerprint density at radius 3 is 1.63 bits per heavy atom. The number of fused-ring (bicyclic) bond motifs is 1. The van der Waals surface area contributed by atoms with Gasteiger partial charge in [0.05, 0.1) is 16.9 Å². The van der Waals surface area contributed by atoms with Gasteiger partial charge in [0.2, 0.25) is 0 Å². The first-order valence-electron chi connectivity index (χ1n) is 17.4. The Hall–Kier alpha value is -7.04. The Kier molecular flexibility index (Phi) is 8.16. The topological polar surface area (TPSA) is 51.6 Å². The van der Waals surface area contributed by atoms with E-state index in [0.29, 0.717) is 5.82 Å². The first-order chi connectivity index (χ1) is 25.7. The Labute approximate surface area is 302 Å². The van der Waals surface area contributed by atoms with Gasteiger partial charge in [-0.25, -0.2) is 9.97 Å². The van der Waals surface area contributed by atoms with Gasteiger partial charge in [-0.3, -0.25) is 9.97 Å². The van der Waals surface area contributed by atoms with Crippen molar-refractivity contribution in [3.63, 3.8) is 0 Å². The van der Waals surface area contributed by atoms with Crippen molar-refractivity contribution in [2.24, 2.45) is 0 Å². The molecule has 4 heteroatoms. The lowest BCUT2D eigenvalue weighted by atomic mass is 9.94. The van der Waals surface area contributed by atoms with Crippen molar-refractivity contribution in [3.8, 4) is 78.4 Å². The van der Waals surface area contributed by atoms with Crippen molar-refractivity contribution in [3.05, 3.63) is 195 Å². The van der Waals surface area contributed by atoms with Crippen LogP contribution in [0.1, 0.15) is 0 Å². The molecule has 4 nitrogen and oxygen atoms in total. The fourth-order valence-corrected chi connectivity index (χ4v) is 6.76. The zero-order valence-corrected chi connectivity index (χ0v) is 28.3. The minimum Gasteiger partial charge on any atom is -0.264 e. The summed E-state index contributed by atoms with van der Waals surface area (Å²) in [5.74, 6) is 0.673. The molecule has 3 aromatic heterocycles. The molecule has 0 saturated carbocycles. The zero-order chi connectivity index (χ0) is 34.7. The summed E-state index contributed by atoms with van der Waals surface area (Å²) in [6.07, 6.45) is 5.54. The van der Waals surface area contributed by atoms with E-state index in [1.165, 1.54) is 0 Å². The molecule has 0 bridgehead atoms. The van der Waals surface area contributed by atoms with Crippen LogP contribution in [0.5, 0.6) is 0 Å². The van der Waals surface area contributed by atoms with Gasteiger partial charge in [-0.15, -0.1) is 0 Å². The van der Waals surface area contributed by atoms with Crippen molar-refractivity contribution in [2.75, 3.05) is 0 Å². The second kappa shape index (κ2) is 13.7. The number of rotatable bonds is 7. The van der Waals surface area contributed by atoms with Gasteiger partial charge in [0.25, 0.3) is 0 Å². The third-order valence-corrected chi connectivity index (χ3v) is 9.41. The van der Waals surface area contributed by atoms with Crippen molar-refractivity contribution < 1.29 is 0 Å². The highest BCUT2D eigenvalue weighted by Gasteiger charge is 2.15. The summed E-state index contributed by atoms with van der Waals surface area (Å²) in [4.78, 5) is 19.5. The second-order valence-corrected chi connectivity index (χ2v) is 12.8. The van der Waals surface area contributed by atoms with Crippen LogP contribution in [0.4, 0.5) is 0 Å². The third kappa shape index (κ3) is 6.26. The number of benzene rings is 6. The van der Waals surface area contributed by atoms with Crippen LogP contribution in [0.3, 0.4) is 0 Å². The molecule has 9 aromatic rings. The smallest absolute Gasteiger partial charge is 0.160 e. The van der Waals surface area contributed by atoms with Crippen molar-refractivity contribution in [2.45, 2.75) is 0 Å². The van der Waals surface area contributed by atoms with Gasteiger partial charge in [0.1, 0.15) is 0 Å². The van der Waals surface area contributed by atoms with E-state index in [1.54, 1.807) is 6.20 Å². The first-order valence-corrected chi connectivity index (χ1v) is 17.4. The summed E-state index contributed by atoms with van der Waals surface area (Å²) in [5.41, 5.74) is 14.7. The Balaban J connectivity index is 1.17. The first kappa shape index (κ1) is 31.0. The molecule has 244 valence electrons. The average molecular weight is 665 g/mol. The zero-order valence-electron chi connectivity index (χ0n) is 28.3. The van der Waals surface area contributed by atoms with Crippen LogP contribution in [0.2, 0.25) is 0 Å². The lowest BCUT2D eigenvalue weighted by Crippen LogP contribution is -1.97. The van der Waals surface area contributed by atoms with Crippen LogP contribution in [0, 0.1) is 0 Å². The molecule has 0 aliphatic heterocycles. The highest BCUT2D eigenvalue weighted by molar-refractivity contribution is 5.96. The van der Waals surface area contributed by atoms with Gasteiger partial charge >= 0.3 is 0 Å². The number of hydrogen-bond donors (Lipinski definition) is 0. The summed E-state index contributed by atoms with van der Waals surface area (Å²) < 4.78 is 0. The maximum atomic E-state index is 5.27.